The third-order valence-electron chi connectivity index (χ3n) is 3.20. The van der Waals surface area contributed by atoms with E-state index in [-0.39, 0.29) is 11.7 Å². The predicted molar refractivity (Wildman–Crippen MR) is 87.2 cm³/mol. The molecule has 0 nitrogen and oxygen atoms in total. The van der Waals surface area contributed by atoms with Gasteiger partial charge in [-0.15, -0.1) is 11.6 Å². The number of benzene rings is 2. The highest BCUT2D eigenvalue weighted by molar-refractivity contribution is 9.10. The quantitative estimate of drug-likeness (QED) is 0.572. The molecule has 0 fully saturated rings. The summed E-state index contributed by atoms with van der Waals surface area (Å²) in [6.07, 6.45) is 1.34. The Balaban J connectivity index is 2.13. The number of rotatable bonds is 5. The molecule has 0 heterocycles. The van der Waals surface area contributed by atoms with E-state index in [0.29, 0.717) is 17.9 Å². The molecule has 0 N–H and O–H groups in total. The molecule has 4 heteroatoms. The Morgan fingerprint density at radius 3 is 2.45 bits per heavy atom. The van der Waals surface area contributed by atoms with Crippen LogP contribution in [0.3, 0.4) is 0 Å². The molecule has 0 aliphatic heterocycles. The summed E-state index contributed by atoms with van der Waals surface area (Å²) in [5.74, 6) is 0.430. The minimum absolute atomic E-state index is 0.153. The number of hydrogen-bond donors (Lipinski definition) is 0. The summed E-state index contributed by atoms with van der Waals surface area (Å²) in [6, 6.07) is 12.7. The maximum absolute atomic E-state index is 13.8. The maximum atomic E-state index is 13.8. The van der Waals surface area contributed by atoms with Gasteiger partial charge in [0.25, 0.3) is 0 Å². The van der Waals surface area contributed by atoms with Crippen LogP contribution in [-0.4, -0.2) is 5.88 Å². The lowest BCUT2D eigenvalue weighted by molar-refractivity contribution is 0.546. The zero-order valence-corrected chi connectivity index (χ0v) is 13.8. The van der Waals surface area contributed by atoms with Crippen LogP contribution >= 0.6 is 39.1 Å². The average molecular weight is 376 g/mol. The summed E-state index contributed by atoms with van der Waals surface area (Å²) in [4.78, 5) is 0. The first-order valence-corrected chi connectivity index (χ1v) is 8.04. The second-order valence-electron chi connectivity index (χ2n) is 4.76. The van der Waals surface area contributed by atoms with E-state index in [9.17, 15) is 4.39 Å². The van der Waals surface area contributed by atoms with E-state index in [2.05, 4.69) is 15.9 Å². The van der Waals surface area contributed by atoms with Crippen LogP contribution in [-0.2, 0) is 12.8 Å². The van der Waals surface area contributed by atoms with Gasteiger partial charge in [0.1, 0.15) is 5.82 Å². The lowest BCUT2D eigenvalue weighted by Gasteiger charge is -2.15. The van der Waals surface area contributed by atoms with Gasteiger partial charge in [-0.3, -0.25) is 0 Å². The Hall–Kier alpha value is -0.570. The molecule has 2 aromatic rings. The summed E-state index contributed by atoms with van der Waals surface area (Å²) in [5.41, 5.74) is 1.73. The summed E-state index contributed by atoms with van der Waals surface area (Å²) >= 11 is 15.6. The van der Waals surface area contributed by atoms with E-state index in [4.69, 9.17) is 23.2 Å². The van der Waals surface area contributed by atoms with Crippen LogP contribution in [0.2, 0.25) is 5.02 Å². The van der Waals surface area contributed by atoms with Crippen molar-refractivity contribution in [3.8, 4) is 0 Å². The van der Waals surface area contributed by atoms with E-state index in [1.807, 2.05) is 30.3 Å². The lowest BCUT2D eigenvalue weighted by atomic mass is 9.94. The third-order valence-corrected chi connectivity index (χ3v) is 4.50. The van der Waals surface area contributed by atoms with Crippen LogP contribution in [0.1, 0.15) is 11.1 Å². The molecule has 0 saturated heterocycles. The van der Waals surface area contributed by atoms with Crippen molar-refractivity contribution in [2.24, 2.45) is 5.92 Å². The normalized spacial score (nSPS) is 12.4. The molecule has 1 atom stereocenters. The first-order valence-electron chi connectivity index (χ1n) is 6.33. The first kappa shape index (κ1) is 15.8. The van der Waals surface area contributed by atoms with E-state index >= 15 is 0 Å². The molecule has 0 bridgehead atoms. The largest absolute Gasteiger partial charge is 0.207 e. The molecule has 2 rings (SSSR count). The minimum atomic E-state index is -0.192. The monoisotopic (exact) mass is 374 g/mol. The van der Waals surface area contributed by atoms with Crippen molar-refractivity contribution >= 4 is 39.1 Å². The maximum Gasteiger partial charge on any atom is 0.126 e. The van der Waals surface area contributed by atoms with Crippen LogP contribution in [0.25, 0.3) is 0 Å². The molecule has 0 radical (unpaired) electrons. The first-order chi connectivity index (χ1) is 9.60. The van der Waals surface area contributed by atoms with Gasteiger partial charge in [-0.1, -0.05) is 45.7 Å². The van der Waals surface area contributed by atoms with E-state index in [1.54, 1.807) is 6.07 Å². The third kappa shape index (κ3) is 4.21. The summed E-state index contributed by atoms with van der Waals surface area (Å²) < 4.78 is 14.7. The van der Waals surface area contributed by atoms with E-state index in [1.165, 1.54) is 6.07 Å². The van der Waals surface area contributed by atoms with Crippen LogP contribution in [0.4, 0.5) is 4.39 Å². The topological polar surface area (TPSA) is 0 Å². The Bertz CT molecular complexity index is 586. The molecule has 20 heavy (non-hydrogen) atoms. The summed E-state index contributed by atoms with van der Waals surface area (Å²) in [7, 11) is 0. The van der Waals surface area contributed by atoms with Gasteiger partial charge in [0, 0.05) is 15.4 Å². The van der Waals surface area contributed by atoms with Crippen LogP contribution in [0, 0.1) is 11.7 Å². The van der Waals surface area contributed by atoms with Gasteiger partial charge in [0.05, 0.1) is 0 Å². The molecule has 0 spiro atoms. The molecule has 0 aromatic heterocycles. The number of halogens is 4. The Morgan fingerprint density at radius 1 is 1.05 bits per heavy atom. The van der Waals surface area contributed by atoms with Gasteiger partial charge in [-0.2, -0.15) is 0 Å². The fourth-order valence-corrected chi connectivity index (χ4v) is 3.01. The Labute approximate surface area is 137 Å². The van der Waals surface area contributed by atoms with Crippen molar-refractivity contribution in [2.45, 2.75) is 12.8 Å². The fraction of sp³-hybridized carbons (Fsp3) is 0.250. The van der Waals surface area contributed by atoms with Crippen molar-refractivity contribution in [3.05, 3.63) is 68.9 Å². The van der Waals surface area contributed by atoms with Gasteiger partial charge in [-0.25, -0.2) is 4.39 Å². The smallest absolute Gasteiger partial charge is 0.126 e. The second kappa shape index (κ2) is 7.44. The van der Waals surface area contributed by atoms with Crippen molar-refractivity contribution in [3.63, 3.8) is 0 Å². The summed E-state index contributed by atoms with van der Waals surface area (Å²) in [5, 5.41) is 0.734. The zero-order valence-electron chi connectivity index (χ0n) is 10.8. The number of alkyl halides is 1. The molecule has 0 aliphatic carbocycles. The van der Waals surface area contributed by atoms with Gasteiger partial charge in [0.15, 0.2) is 0 Å². The van der Waals surface area contributed by atoms with E-state index in [0.717, 1.165) is 21.5 Å². The highest BCUT2D eigenvalue weighted by Gasteiger charge is 2.14. The van der Waals surface area contributed by atoms with Crippen LogP contribution in [0.15, 0.2) is 46.9 Å². The Morgan fingerprint density at radius 2 is 1.75 bits per heavy atom. The SMILES string of the molecule is Fc1ccc(Br)cc1CC(CCl)Cc1ccccc1Cl. The number of hydrogen-bond acceptors (Lipinski definition) is 0. The molecule has 2 aromatic carbocycles. The highest BCUT2D eigenvalue weighted by atomic mass is 79.9. The van der Waals surface area contributed by atoms with Crippen molar-refractivity contribution in [1.29, 1.82) is 0 Å². The van der Waals surface area contributed by atoms with Crippen LogP contribution in [0.5, 0.6) is 0 Å². The van der Waals surface area contributed by atoms with Gasteiger partial charge in [-0.05, 0) is 54.2 Å². The van der Waals surface area contributed by atoms with Crippen LogP contribution < -0.4 is 0 Å². The standard InChI is InChI=1S/C16H14BrCl2F/c17-14-5-6-16(20)13(9-14)8-11(10-18)7-12-3-1-2-4-15(12)19/h1-6,9,11H,7-8,10H2. The fourth-order valence-electron chi connectivity index (χ4n) is 2.17. The Kier molecular flexibility index (Phi) is 5.88. The van der Waals surface area contributed by atoms with Gasteiger partial charge >= 0.3 is 0 Å². The molecule has 0 amide bonds. The van der Waals surface area contributed by atoms with Crippen molar-refractivity contribution in [1.82, 2.24) is 0 Å². The average Bonchev–Trinajstić information content (AvgIpc) is 2.44. The van der Waals surface area contributed by atoms with Gasteiger partial charge < -0.3 is 0 Å². The van der Waals surface area contributed by atoms with E-state index < -0.39 is 0 Å². The molecule has 0 aliphatic rings. The minimum Gasteiger partial charge on any atom is -0.207 e. The predicted octanol–water partition coefficient (Wildman–Crippen LogP) is 5.88. The van der Waals surface area contributed by atoms with Gasteiger partial charge in [0.2, 0.25) is 0 Å². The van der Waals surface area contributed by atoms with Crippen molar-refractivity contribution < 1.29 is 4.39 Å². The molecular formula is C16H14BrCl2F. The molecule has 1 unspecified atom stereocenters. The highest BCUT2D eigenvalue weighted by Crippen LogP contribution is 2.24. The lowest BCUT2D eigenvalue weighted by Crippen LogP contribution is -2.11. The van der Waals surface area contributed by atoms with Crippen molar-refractivity contribution in [2.75, 3.05) is 5.88 Å². The molecular weight excluding hydrogens is 362 g/mol. The summed E-state index contributed by atoms with van der Waals surface area (Å²) in [6.45, 7) is 0. The second-order valence-corrected chi connectivity index (χ2v) is 6.39. The molecule has 0 saturated carbocycles. The zero-order chi connectivity index (χ0) is 14.5. The molecule has 106 valence electrons.